The van der Waals surface area contributed by atoms with Gasteiger partial charge in [0, 0.05) is 11.1 Å². The highest BCUT2D eigenvalue weighted by Crippen LogP contribution is 2.21. The van der Waals surface area contributed by atoms with Crippen molar-refractivity contribution in [3.63, 3.8) is 0 Å². The van der Waals surface area contributed by atoms with E-state index in [0.717, 1.165) is 26.8 Å². The summed E-state index contributed by atoms with van der Waals surface area (Å²) in [7, 11) is 0. The zero-order valence-corrected chi connectivity index (χ0v) is 14.5. The normalized spacial score (nSPS) is 12.3. The van der Waals surface area contributed by atoms with Gasteiger partial charge in [-0.2, -0.15) is 10.2 Å². The Balaban J connectivity index is 1.63. The van der Waals surface area contributed by atoms with E-state index in [-0.39, 0.29) is 0 Å². The van der Waals surface area contributed by atoms with Crippen molar-refractivity contribution in [2.75, 3.05) is 0 Å². The van der Waals surface area contributed by atoms with Crippen molar-refractivity contribution in [2.24, 2.45) is 15.9 Å². The Kier molecular flexibility index (Phi) is 5.09. The van der Waals surface area contributed by atoms with Crippen LogP contribution < -0.4 is 5.73 Å². The van der Waals surface area contributed by atoms with E-state index in [1.54, 1.807) is 6.21 Å². The van der Waals surface area contributed by atoms with E-state index in [2.05, 4.69) is 48.5 Å². The first kappa shape index (κ1) is 15.8. The van der Waals surface area contributed by atoms with E-state index in [1.165, 1.54) is 17.3 Å². The summed E-state index contributed by atoms with van der Waals surface area (Å²) >= 11 is 4.88. The number of benzene rings is 2. The highest BCUT2D eigenvalue weighted by Gasteiger charge is 2.02. The van der Waals surface area contributed by atoms with Crippen LogP contribution in [0.1, 0.15) is 11.1 Å². The van der Waals surface area contributed by atoms with Crippen LogP contribution in [0.2, 0.25) is 0 Å². The van der Waals surface area contributed by atoms with Gasteiger partial charge in [-0.1, -0.05) is 48.2 Å². The summed E-state index contributed by atoms with van der Waals surface area (Å²) in [5.74, 6) is 0.777. The average molecular weight is 388 g/mol. The third-order valence-corrected chi connectivity index (χ3v) is 4.58. The van der Waals surface area contributed by atoms with Crippen LogP contribution >= 0.6 is 27.7 Å². The molecule has 1 aromatic heterocycles. The molecule has 0 saturated carbocycles. The minimum absolute atomic E-state index is 0.440. The fourth-order valence-corrected chi connectivity index (χ4v) is 3.01. The lowest BCUT2D eigenvalue weighted by atomic mass is 10.2. The maximum Gasteiger partial charge on any atom is 0.180 e. The summed E-state index contributed by atoms with van der Waals surface area (Å²) < 4.78 is 0.851. The standard InChI is InChI=1S/C16H14BrN5S/c17-15-13-8-12(6-7-14(13)20-21-15)9-19-22-16(18)23-10-11-4-2-1-3-5-11/h1-9H,10H2,(H2,18,22)(H,20,21). The van der Waals surface area contributed by atoms with Gasteiger partial charge in [0.1, 0.15) is 4.60 Å². The highest BCUT2D eigenvalue weighted by atomic mass is 79.9. The van der Waals surface area contributed by atoms with Crippen LogP contribution in [-0.2, 0) is 5.75 Å². The molecule has 3 aromatic rings. The molecule has 0 amide bonds. The predicted molar refractivity (Wildman–Crippen MR) is 101 cm³/mol. The van der Waals surface area contributed by atoms with Crippen molar-refractivity contribution in [1.82, 2.24) is 10.2 Å². The number of aromatic nitrogens is 2. The molecule has 5 nitrogen and oxygen atoms in total. The molecule has 0 fully saturated rings. The number of nitrogens with one attached hydrogen (secondary N) is 1. The second kappa shape index (κ2) is 7.43. The quantitative estimate of drug-likeness (QED) is 0.404. The average Bonchev–Trinajstić information content (AvgIpc) is 2.95. The van der Waals surface area contributed by atoms with Gasteiger partial charge >= 0.3 is 0 Å². The van der Waals surface area contributed by atoms with Gasteiger partial charge in [0.25, 0.3) is 0 Å². The maximum absolute atomic E-state index is 5.86. The Labute approximate surface area is 146 Å². The molecule has 0 spiro atoms. The van der Waals surface area contributed by atoms with Crippen LogP contribution in [0.3, 0.4) is 0 Å². The number of nitrogens with two attached hydrogens (primary N) is 1. The van der Waals surface area contributed by atoms with Crippen LogP contribution in [0.5, 0.6) is 0 Å². The predicted octanol–water partition coefficient (Wildman–Crippen LogP) is 3.91. The SMILES string of the molecule is NC(=NN=Cc1ccc2n[nH]c(Br)c2c1)SCc1ccccc1. The summed E-state index contributed by atoms with van der Waals surface area (Å²) in [5, 5.41) is 16.5. The first-order valence-electron chi connectivity index (χ1n) is 6.89. The van der Waals surface area contributed by atoms with Gasteiger partial charge in [-0.3, -0.25) is 5.10 Å². The lowest BCUT2D eigenvalue weighted by Crippen LogP contribution is -2.05. The molecular weight excluding hydrogens is 374 g/mol. The van der Waals surface area contributed by atoms with Crippen LogP contribution in [-0.4, -0.2) is 21.6 Å². The lowest BCUT2D eigenvalue weighted by molar-refractivity contribution is 1.10. The van der Waals surface area contributed by atoms with Crippen LogP contribution in [0.15, 0.2) is 63.3 Å². The van der Waals surface area contributed by atoms with Crippen LogP contribution in [0, 0.1) is 0 Å². The number of amidine groups is 1. The Morgan fingerprint density at radius 2 is 2.09 bits per heavy atom. The van der Waals surface area contributed by atoms with Crippen molar-refractivity contribution >= 4 is 50.0 Å². The van der Waals surface area contributed by atoms with Crippen molar-refractivity contribution < 1.29 is 0 Å². The fraction of sp³-hybridized carbons (Fsp3) is 0.0625. The second-order valence-corrected chi connectivity index (χ2v) is 6.56. The third kappa shape index (κ3) is 4.20. The van der Waals surface area contributed by atoms with Crippen LogP contribution in [0.4, 0.5) is 0 Å². The van der Waals surface area contributed by atoms with E-state index >= 15 is 0 Å². The van der Waals surface area contributed by atoms with E-state index < -0.39 is 0 Å². The minimum atomic E-state index is 0.440. The Hall–Kier alpha value is -2.12. The molecule has 2 aromatic carbocycles. The molecule has 3 rings (SSSR count). The Bertz CT molecular complexity index is 857. The molecule has 0 saturated heterocycles. The third-order valence-electron chi connectivity index (χ3n) is 3.12. The van der Waals surface area contributed by atoms with E-state index in [1.807, 2.05) is 36.4 Å². The van der Waals surface area contributed by atoms with Crippen molar-refractivity contribution in [2.45, 2.75) is 5.75 Å². The van der Waals surface area contributed by atoms with Gasteiger partial charge in [0.05, 0.1) is 11.7 Å². The molecule has 0 atom stereocenters. The lowest BCUT2D eigenvalue weighted by Gasteiger charge is -1.99. The van der Waals surface area contributed by atoms with Crippen molar-refractivity contribution in [3.05, 3.63) is 64.3 Å². The molecule has 0 unspecified atom stereocenters. The number of H-pyrrole nitrogens is 1. The number of hydrogen-bond acceptors (Lipinski definition) is 4. The van der Waals surface area contributed by atoms with Crippen LogP contribution in [0.25, 0.3) is 10.9 Å². The zero-order chi connectivity index (χ0) is 16.1. The van der Waals surface area contributed by atoms with Crippen molar-refractivity contribution in [1.29, 1.82) is 0 Å². The first-order chi connectivity index (χ1) is 11.2. The van der Waals surface area contributed by atoms with Gasteiger partial charge in [-0.15, -0.1) is 5.10 Å². The number of hydrogen-bond donors (Lipinski definition) is 2. The zero-order valence-electron chi connectivity index (χ0n) is 12.1. The molecule has 23 heavy (non-hydrogen) atoms. The Morgan fingerprint density at radius 3 is 2.91 bits per heavy atom. The minimum Gasteiger partial charge on any atom is -0.377 e. The molecule has 3 N–H and O–H groups in total. The smallest absolute Gasteiger partial charge is 0.180 e. The first-order valence-corrected chi connectivity index (χ1v) is 8.67. The van der Waals surface area contributed by atoms with Gasteiger partial charge in [-0.05, 0) is 39.2 Å². The molecular formula is C16H14BrN5S. The van der Waals surface area contributed by atoms with Gasteiger partial charge in [0.2, 0.25) is 0 Å². The molecule has 1 heterocycles. The molecule has 0 bridgehead atoms. The number of aromatic amines is 1. The fourth-order valence-electron chi connectivity index (χ4n) is 1.99. The molecule has 7 heteroatoms. The topological polar surface area (TPSA) is 79.4 Å². The molecule has 0 aliphatic rings. The summed E-state index contributed by atoms with van der Waals surface area (Å²) in [6.45, 7) is 0. The van der Waals surface area contributed by atoms with E-state index in [4.69, 9.17) is 5.73 Å². The summed E-state index contributed by atoms with van der Waals surface area (Å²) in [5.41, 5.74) is 8.90. The van der Waals surface area contributed by atoms with Gasteiger partial charge < -0.3 is 5.73 Å². The largest absolute Gasteiger partial charge is 0.377 e. The number of nitrogens with zero attached hydrogens (tertiary/aromatic N) is 3. The second-order valence-electron chi connectivity index (χ2n) is 4.77. The summed E-state index contributed by atoms with van der Waals surface area (Å²) in [6, 6.07) is 16.0. The van der Waals surface area contributed by atoms with Crippen molar-refractivity contribution in [3.8, 4) is 0 Å². The molecule has 0 radical (unpaired) electrons. The molecule has 116 valence electrons. The van der Waals surface area contributed by atoms with Gasteiger partial charge in [-0.25, -0.2) is 0 Å². The maximum atomic E-state index is 5.86. The summed E-state index contributed by atoms with van der Waals surface area (Å²) in [4.78, 5) is 0. The Morgan fingerprint density at radius 1 is 1.26 bits per heavy atom. The highest BCUT2D eigenvalue weighted by molar-refractivity contribution is 9.10. The number of thioether (sulfide) groups is 1. The number of rotatable bonds is 4. The van der Waals surface area contributed by atoms with Gasteiger partial charge in [0.15, 0.2) is 5.17 Å². The summed E-state index contributed by atoms with van der Waals surface area (Å²) in [6.07, 6.45) is 1.68. The molecule has 0 aliphatic carbocycles. The molecule has 0 aliphatic heterocycles. The number of fused-ring (bicyclic) bond motifs is 1. The number of halogens is 1. The van der Waals surface area contributed by atoms with E-state index in [0.29, 0.717) is 5.17 Å². The van der Waals surface area contributed by atoms with E-state index in [9.17, 15) is 0 Å². The monoisotopic (exact) mass is 387 g/mol.